The lowest BCUT2D eigenvalue weighted by Crippen LogP contribution is -2.24. The largest absolute Gasteiger partial charge is 0.422 e. The Kier molecular flexibility index (Phi) is 4.54. The number of hydrogen-bond donors (Lipinski definition) is 1. The number of benzene rings is 2. The van der Waals surface area contributed by atoms with Gasteiger partial charge in [-0.2, -0.15) is 0 Å². The molecule has 0 spiro atoms. The van der Waals surface area contributed by atoms with E-state index in [1.54, 1.807) is 12.1 Å². The van der Waals surface area contributed by atoms with Gasteiger partial charge in [0.1, 0.15) is 5.58 Å². The summed E-state index contributed by atoms with van der Waals surface area (Å²) in [5.41, 5.74) is 3.62. The average molecular weight is 377 g/mol. The van der Waals surface area contributed by atoms with Crippen LogP contribution in [0.25, 0.3) is 21.1 Å². The summed E-state index contributed by atoms with van der Waals surface area (Å²) in [5.74, 6) is -0.163. The zero-order chi connectivity index (χ0) is 19.0. The van der Waals surface area contributed by atoms with E-state index in [-0.39, 0.29) is 5.91 Å². The Labute approximate surface area is 160 Å². The molecule has 0 bridgehead atoms. The number of thiophene rings is 1. The summed E-state index contributed by atoms with van der Waals surface area (Å²) < 4.78 is 6.19. The Morgan fingerprint density at radius 2 is 1.74 bits per heavy atom. The van der Waals surface area contributed by atoms with Crippen molar-refractivity contribution < 1.29 is 9.21 Å². The lowest BCUT2D eigenvalue weighted by Gasteiger charge is -2.04. The van der Waals surface area contributed by atoms with E-state index < -0.39 is 5.63 Å². The van der Waals surface area contributed by atoms with Gasteiger partial charge in [-0.3, -0.25) is 4.79 Å². The van der Waals surface area contributed by atoms with Gasteiger partial charge in [-0.25, -0.2) is 4.79 Å². The minimum atomic E-state index is -0.406. The van der Waals surface area contributed by atoms with Gasteiger partial charge in [0.25, 0.3) is 5.91 Å². The van der Waals surface area contributed by atoms with Gasteiger partial charge in [0.15, 0.2) is 0 Å². The number of fused-ring (bicyclic) bond motifs is 3. The molecule has 1 amide bonds. The summed E-state index contributed by atoms with van der Waals surface area (Å²) in [4.78, 5) is 25.3. The minimum Gasteiger partial charge on any atom is -0.422 e. The maximum absolute atomic E-state index is 12.5. The van der Waals surface area contributed by atoms with Crippen LogP contribution in [0.15, 0.2) is 57.7 Å². The molecule has 0 saturated heterocycles. The molecule has 0 unspecified atom stereocenters. The van der Waals surface area contributed by atoms with Crippen molar-refractivity contribution in [2.24, 2.45) is 0 Å². The lowest BCUT2D eigenvalue weighted by molar-refractivity contribution is 0.0958. The maximum Gasteiger partial charge on any atom is 0.345 e. The van der Waals surface area contributed by atoms with E-state index in [1.165, 1.54) is 22.5 Å². The van der Waals surface area contributed by atoms with Gasteiger partial charge in [-0.15, -0.1) is 11.3 Å². The van der Waals surface area contributed by atoms with Crippen molar-refractivity contribution in [2.45, 2.75) is 20.3 Å². The fourth-order valence-electron chi connectivity index (χ4n) is 3.08. The first-order valence-electron chi connectivity index (χ1n) is 8.82. The highest BCUT2D eigenvalue weighted by atomic mass is 32.1. The van der Waals surface area contributed by atoms with Crippen LogP contribution in [-0.2, 0) is 6.42 Å². The third-order valence-corrected chi connectivity index (χ3v) is 5.75. The summed E-state index contributed by atoms with van der Waals surface area (Å²) in [6, 6.07) is 15.6. The Morgan fingerprint density at radius 1 is 1.00 bits per heavy atom. The van der Waals surface area contributed by atoms with Gasteiger partial charge in [-0.05, 0) is 44.0 Å². The molecule has 0 aliphatic heterocycles. The summed E-state index contributed by atoms with van der Waals surface area (Å²) in [6.07, 6.45) is 0.765. The van der Waals surface area contributed by atoms with Crippen LogP contribution in [0.5, 0.6) is 0 Å². The molecular formula is C22H19NO3S. The maximum atomic E-state index is 12.5. The van der Waals surface area contributed by atoms with Crippen LogP contribution in [0.1, 0.15) is 26.4 Å². The van der Waals surface area contributed by atoms with Crippen molar-refractivity contribution in [2.75, 3.05) is 6.54 Å². The number of carbonyl (C=O) groups is 1. The normalized spacial score (nSPS) is 11.2. The molecule has 0 fully saturated rings. The SMILES string of the molecule is Cc1ccc(CCNC(=O)c2cc3c(=O)oc4ccc(C)cc4c3s2)cc1. The molecule has 2 heterocycles. The number of aryl methyl sites for hydroxylation is 2. The van der Waals surface area contributed by atoms with Crippen LogP contribution < -0.4 is 10.9 Å². The first kappa shape index (κ1) is 17.5. The van der Waals surface area contributed by atoms with Crippen molar-refractivity contribution in [3.05, 3.63) is 80.5 Å². The van der Waals surface area contributed by atoms with Gasteiger partial charge in [-0.1, -0.05) is 41.5 Å². The second-order valence-electron chi connectivity index (χ2n) is 6.73. The van der Waals surface area contributed by atoms with Crippen LogP contribution in [0.4, 0.5) is 0 Å². The topological polar surface area (TPSA) is 59.3 Å². The van der Waals surface area contributed by atoms with Crippen LogP contribution in [0, 0.1) is 13.8 Å². The Hall–Kier alpha value is -2.92. The van der Waals surface area contributed by atoms with E-state index in [0.29, 0.717) is 22.4 Å². The van der Waals surface area contributed by atoms with Gasteiger partial charge in [0.2, 0.25) is 0 Å². The predicted molar refractivity (Wildman–Crippen MR) is 110 cm³/mol. The predicted octanol–water partition coefficient (Wildman–Crippen LogP) is 4.60. The highest BCUT2D eigenvalue weighted by molar-refractivity contribution is 7.21. The molecule has 0 radical (unpaired) electrons. The zero-order valence-electron chi connectivity index (χ0n) is 15.2. The van der Waals surface area contributed by atoms with E-state index in [0.717, 1.165) is 22.1 Å². The van der Waals surface area contributed by atoms with Crippen molar-refractivity contribution in [3.63, 3.8) is 0 Å². The molecule has 136 valence electrons. The molecule has 0 aliphatic carbocycles. The van der Waals surface area contributed by atoms with Gasteiger partial charge >= 0.3 is 5.63 Å². The molecule has 1 N–H and O–H groups in total. The summed E-state index contributed by atoms with van der Waals surface area (Å²) in [6.45, 7) is 4.59. The van der Waals surface area contributed by atoms with Crippen molar-refractivity contribution in [3.8, 4) is 0 Å². The molecule has 27 heavy (non-hydrogen) atoms. The van der Waals surface area contributed by atoms with E-state index in [2.05, 4.69) is 36.5 Å². The Balaban J connectivity index is 1.58. The Morgan fingerprint density at radius 3 is 2.52 bits per heavy atom. The Bertz CT molecular complexity index is 1200. The van der Waals surface area contributed by atoms with Gasteiger partial charge in [0.05, 0.1) is 15.0 Å². The third kappa shape index (κ3) is 3.51. The quantitative estimate of drug-likeness (QED) is 0.529. The van der Waals surface area contributed by atoms with Crippen LogP contribution >= 0.6 is 11.3 Å². The van der Waals surface area contributed by atoms with Crippen LogP contribution in [0.2, 0.25) is 0 Å². The smallest absolute Gasteiger partial charge is 0.345 e. The standard InChI is InChI=1S/C22H19NO3S/c1-13-3-6-15(7-4-13)9-10-23-21(24)19-12-17-20(27-19)16-11-14(2)5-8-18(16)26-22(17)25/h3-8,11-12H,9-10H2,1-2H3,(H,23,24). The molecule has 4 aromatic rings. The molecule has 0 aliphatic rings. The molecule has 4 rings (SSSR count). The zero-order valence-corrected chi connectivity index (χ0v) is 16.0. The van der Waals surface area contributed by atoms with E-state index >= 15 is 0 Å². The number of hydrogen-bond acceptors (Lipinski definition) is 4. The number of nitrogens with one attached hydrogen (secondary N) is 1. The van der Waals surface area contributed by atoms with Crippen molar-refractivity contribution >= 4 is 38.3 Å². The van der Waals surface area contributed by atoms with E-state index in [1.807, 2.05) is 19.1 Å². The molecule has 5 heteroatoms. The molecule has 0 saturated carbocycles. The summed E-state index contributed by atoms with van der Waals surface area (Å²) >= 11 is 1.33. The number of carbonyl (C=O) groups excluding carboxylic acids is 1. The van der Waals surface area contributed by atoms with Crippen molar-refractivity contribution in [1.29, 1.82) is 0 Å². The number of rotatable bonds is 4. The van der Waals surface area contributed by atoms with Crippen LogP contribution in [0.3, 0.4) is 0 Å². The lowest BCUT2D eigenvalue weighted by atomic mass is 10.1. The highest BCUT2D eigenvalue weighted by Crippen LogP contribution is 2.31. The van der Waals surface area contributed by atoms with E-state index in [4.69, 9.17) is 4.42 Å². The minimum absolute atomic E-state index is 0.163. The average Bonchev–Trinajstić information content (AvgIpc) is 3.11. The monoisotopic (exact) mass is 377 g/mol. The number of amides is 1. The summed E-state index contributed by atoms with van der Waals surface area (Å²) in [5, 5.41) is 4.27. The molecule has 2 aromatic heterocycles. The van der Waals surface area contributed by atoms with Gasteiger partial charge in [0, 0.05) is 11.9 Å². The molecule has 0 atom stereocenters. The fraction of sp³-hybridized carbons (Fsp3) is 0.182. The van der Waals surface area contributed by atoms with Gasteiger partial charge < -0.3 is 9.73 Å². The first-order chi connectivity index (χ1) is 13.0. The van der Waals surface area contributed by atoms with Crippen LogP contribution in [-0.4, -0.2) is 12.5 Å². The second kappa shape index (κ2) is 7.00. The first-order valence-corrected chi connectivity index (χ1v) is 9.64. The van der Waals surface area contributed by atoms with E-state index in [9.17, 15) is 9.59 Å². The third-order valence-electron chi connectivity index (χ3n) is 4.58. The molecule has 4 nitrogen and oxygen atoms in total. The highest BCUT2D eigenvalue weighted by Gasteiger charge is 2.15. The van der Waals surface area contributed by atoms with Crippen molar-refractivity contribution in [1.82, 2.24) is 5.32 Å². The second-order valence-corrected chi connectivity index (χ2v) is 7.79. The summed E-state index contributed by atoms with van der Waals surface area (Å²) in [7, 11) is 0. The fourth-order valence-corrected chi connectivity index (χ4v) is 4.17. The molecular weight excluding hydrogens is 358 g/mol. The molecule has 2 aromatic carbocycles.